The predicted molar refractivity (Wildman–Crippen MR) is 104 cm³/mol. The van der Waals surface area contributed by atoms with Gasteiger partial charge in [-0.2, -0.15) is 0 Å². The number of β-amino-alcohol motifs (C(OH)–C–C–N with tert-alkyl or cyclic N) is 1. The maximum absolute atomic E-state index is 12.4. The summed E-state index contributed by atoms with van der Waals surface area (Å²) in [4.78, 5) is 16.5. The van der Waals surface area contributed by atoms with Gasteiger partial charge in [0.1, 0.15) is 24.6 Å². The number of hydrogen-bond donors (Lipinski definition) is 1. The Morgan fingerprint density at radius 2 is 1.89 bits per heavy atom. The monoisotopic (exact) mass is 376 g/mol. The van der Waals surface area contributed by atoms with Gasteiger partial charge in [-0.1, -0.05) is 30.5 Å². The van der Waals surface area contributed by atoms with Crippen molar-refractivity contribution in [3.8, 4) is 5.75 Å². The van der Waals surface area contributed by atoms with Crippen LogP contribution in [0.15, 0.2) is 24.3 Å². The molecule has 27 heavy (non-hydrogen) atoms. The molecule has 150 valence electrons. The van der Waals surface area contributed by atoms with Crippen LogP contribution < -0.4 is 4.74 Å². The Labute approximate surface area is 162 Å². The van der Waals surface area contributed by atoms with Gasteiger partial charge in [0.15, 0.2) is 0 Å². The minimum Gasteiger partial charge on any atom is -0.490 e. The van der Waals surface area contributed by atoms with Gasteiger partial charge in [0, 0.05) is 32.8 Å². The Balaban J connectivity index is 1.72. The van der Waals surface area contributed by atoms with Gasteiger partial charge in [-0.15, -0.1) is 0 Å². The third-order valence-electron chi connectivity index (χ3n) is 5.63. The van der Waals surface area contributed by atoms with Crippen LogP contribution >= 0.6 is 0 Å². The topological polar surface area (TPSA) is 62.2 Å². The lowest BCUT2D eigenvalue weighted by Gasteiger charge is -2.35. The molecule has 1 atom stereocenters. The van der Waals surface area contributed by atoms with Crippen LogP contribution in [0.25, 0.3) is 0 Å². The number of nitrogens with zero attached hydrogens (tertiary/aromatic N) is 2. The molecule has 0 unspecified atom stereocenters. The maximum Gasteiger partial charge on any atom is 0.248 e. The predicted octanol–water partition coefficient (Wildman–Crippen LogP) is 1.84. The fourth-order valence-electron chi connectivity index (χ4n) is 4.14. The van der Waals surface area contributed by atoms with Crippen LogP contribution in [0.2, 0.25) is 0 Å². The molecule has 1 amide bonds. The Kier molecular flexibility index (Phi) is 6.73. The second kappa shape index (κ2) is 9.04. The number of amides is 1. The first kappa shape index (κ1) is 20.1. The zero-order chi connectivity index (χ0) is 19.3. The normalized spacial score (nSPS) is 24.8. The number of aryl methyl sites for hydroxylation is 1. The molecule has 0 bridgehead atoms. The number of benzene rings is 1. The van der Waals surface area contributed by atoms with Crippen molar-refractivity contribution in [2.24, 2.45) is 0 Å². The number of hydrogen-bond acceptors (Lipinski definition) is 5. The van der Waals surface area contributed by atoms with E-state index in [2.05, 4.69) is 4.90 Å². The van der Waals surface area contributed by atoms with Crippen molar-refractivity contribution < 1.29 is 19.4 Å². The molecule has 1 saturated carbocycles. The van der Waals surface area contributed by atoms with Crippen LogP contribution in [-0.2, 0) is 9.53 Å². The van der Waals surface area contributed by atoms with E-state index >= 15 is 0 Å². The van der Waals surface area contributed by atoms with Crippen molar-refractivity contribution in [1.29, 1.82) is 0 Å². The number of aliphatic hydroxyl groups is 1. The molecule has 1 aliphatic carbocycles. The second-order valence-corrected chi connectivity index (χ2v) is 7.98. The Hall–Kier alpha value is -1.63. The van der Waals surface area contributed by atoms with Crippen LogP contribution in [0, 0.1) is 6.92 Å². The molecule has 1 heterocycles. The van der Waals surface area contributed by atoms with E-state index in [-0.39, 0.29) is 25.7 Å². The van der Waals surface area contributed by atoms with Crippen LogP contribution in [0.3, 0.4) is 0 Å². The first-order valence-corrected chi connectivity index (χ1v) is 9.92. The highest BCUT2D eigenvalue weighted by Crippen LogP contribution is 2.27. The van der Waals surface area contributed by atoms with E-state index in [1.807, 2.05) is 31.2 Å². The number of carbonyl (C=O) groups is 1. The van der Waals surface area contributed by atoms with Crippen molar-refractivity contribution in [2.75, 3.05) is 46.5 Å². The highest BCUT2D eigenvalue weighted by atomic mass is 16.5. The van der Waals surface area contributed by atoms with E-state index < -0.39 is 5.60 Å². The molecule has 1 aliphatic heterocycles. The molecule has 0 aromatic heterocycles. The molecule has 3 rings (SSSR count). The van der Waals surface area contributed by atoms with E-state index in [1.165, 1.54) is 38.4 Å². The number of rotatable bonds is 6. The Bertz CT molecular complexity index is 615. The summed E-state index contributed by atoms with van der Waals surface area (Å²) in [5, 5.41) is 11.4. The molecule has 6 nitrogen and oxygen atoms in total. The molecule has 1 aromatic rings. The Morgan fingerprint density at radius 1 is 1.19 bits per heavy atom. The Morgan fingerprint density at radius 3 is 2.56 bits per heavy atom. The van der Waals surface area contributed by atoms with Gasteiger partial charge >= 0.3 is 0 Å². The highest BCUT2D eigenvalue weighted by Gasteiger charge is 2.39. The lowest BCUT2D eigenvalue weighted by Crippen LogP contribution is -2.53. The maximum atomic E-state index is 12.4. The molecule has 0 spiro atoms. The molecule has 1 saturated heterocycles. The second-order valence-electron chi connectivity index (χ2n) is 7.98. The summed E-state index contributed by atoms with van der Waals surface area (Å²) in [6.07, 6.45) is 4.82. The van der Waals surface area contributed by atoms with Gasteiger partial charge in [0.2, 0.25) is 5.91 Å². The van der Waals surface area contributed by atoms with Crippen molar-refractivity contribution in [1.82, 2.24) is 9.80 Å². The van der Waals surface area contributed by atoms with Gasteiger partial charge in [-0.25, -0.2) is 0 Å². The zero-order valence-corrected chi connectivity index (χ0v) is 16.5. The van der Waals surface area contributed by atoms with Crippen molar-refractivity contribution >= 4 is 5.91 Å². The summed E-state index contributed by atoms with van der Waals surface area (Å²) < 4.78 is 10.9. The summed E-state index contributed by atoms with van der Waals surface area (Å²) in [5.41, 5.74) is 0.0622. The van der Waals surface area contributed by atoms with Crippen molar-refractivity contribution in [2.45, 2.75) is 44.2 Å². The van der Waals surface area contributed by atoms with E-state index in [1.54, 1.807) is 4.90 Å². The minimum absolute atomic E-state index is 0.0400. The van der Waals surface area contributed by atoms with E-state index in [0.717, 1.165) is 12.3 Å². The standard InChI is InChI=1S/C21H32N2O4/c1-17-7-9-19(10-8-17)27-16-21(25)14-22(18-5-3-4-6-18)11-12-23(15-21)20(24)13-26-2/h7-10,18,25H,3-6,11-16H2,1-2H3/t21-/m1/s1. The average Bonchev–Trinajstić information content (AvgIpc) is 3.12. The van der Waals surface area contributed by atoms with Gasteiger partial charge in [0.25, 0.3) is 0 Å². The zero-order valence-electron chi connectivity index (χ0n) is 16.5. The van der Waals surface area contributed by atoms with Crippen LogP contribution in [0.4, 0.5) is 0 Å². The van der Waals surface area contributed by atoms with Gasteiger partial charge in [-0.3, -0.25) is 9.69 Å². The van der Waals surface area contributed by atoms with Crippen LogP contribution in [-0.4, -0.2) is 79.0 Å². The minimum atomic E-state index is -1.10. The van der Waals surface area contributed by atoms with Gasteiger partial charge in [0.05, 0.1) is 6.54 Å². The molecular formula is C21H32N2O4. The van der Waals surface area contributed by atoms with Crippen molar-refractivity contribution in [3.63, 3.8) is 0 Å². The third-order valence-corrected chi connectivity index (χ3v) is 5.63. The smallest absolute Gasteiger partial charge is 0.248 e. The first-order chi connectivity index (χ1) is 13.0. The van der Waals surface area contributed by atoms with Crippen LogP contribution in [0.1, 0.15) is 31.2 Å². The molecule has 2 aliphatic rings. The first-order valence-electron chi connectivity index (χ1n) is 9.92. The fourth-order valence-corrected chi connectivity index (χ4v) is 4.14. The summed E-state index contributed by atoms with van der Waals surface area (Å²) in [6, 6.07) is 8.31. The summed E-state index contributed by atoms with van der Waals surface area (Å²) >= 11 is 0. The lowest BCUT2D eigenvalue weighted by molar-refractivity contribution is -0.138. The van der Waals surface area contributed by atoms with E-state index in [0.29, 0.717) is 19.1 Å². The van der Waals surface area contributed by atoms with Gasteiger partial charge < -0.3 is 19.5 Å². The fraction of sp³-hybridized carbons (Fsp3) is 0.667. The van der Waals surface area contributed by atoms with Crippen LogP contribution in [0.5, 0.6) is 5.75 Å². The summed E-state index contributed by atoms with van der Waals surface area (Å²) in [7, 11) is 1.52. The quantitative estimate of drug-likeness (QED) is 0.821. The highest BCUT2D eigenvalue weighted by molar-refractivity contribution is 5.77. The van der Waals surface area contributed by atoms with Gasteiger partial charge in [-0.05, 0) is 31.9 Å². The third kappa shape index (κ3) is 5.43. The number of ether oxygens (including phenoxy) is 2. The lowest BCUT2D eigenvalue weighted by atomic mass is 10.0. The molecule has 1 aromatic carbocycles. The molecule has 6 heteroatoms. The molecular weight excluding hydrogens is 344 g/mol. The summed E-state index contributed by atoms with van der Waals surface area (Å²) in [5.74, 6) is 0.653. The van der Waals surface area contributed by atoms with E-state index in [9.17, 15) is 9.90 Å². The molecule has 0 radical (unpaired) electrons. The molecule has 1 N–H and O–H groups in total. The van der Waals surface area contributed by atoms with Crippen molar-refractivity contribution in [3.05, 3.63) is 29.8 Å². The average molecular weight is 376 g/mol. The van der Waals surface area contributed by atoms with E-state index in [4.69, 9.17) is 9.47 Å². The largest absolute Gasteiger partial charge is 0.490 e. The SMILES string of the molecule is COCC(=O)N1CCN(C2CCCC2)C[C@](O)(COc2ccc(C)cc2)C1. The number of carbonyl (C=O) groups excluding carboxylic acids is 1. The summed E-state index contributed by atoms with van der Waals surface area (Å²) in [6.45, 7) is 4.43. The number of methoxy groups -OCH3 is 1. The molecule has 2 fully saturated rings.